The Morgan fingerprint density at radius 1 is 1.25 bits per heavy atom. The van der Waals surface area contributed by atoms with E-state index in [4.69, 9.17) is 21.7 Å². The van der Waals surface area contributed by atoms with Crippen LogP contribution >= 0.6 is 12.4 Å². The molecule has 0 radical (unpaired) electrons. The van der Waals surface area contributed by atoms with E-state index in [0.717, 1.165) is 5.56 Å². The fourth-order valence-corrected chi connectivity index (χ4v) is 1.46. The number of rotatable bonds is 6. The predicted octanol–water partition coefficient (Wildman–Crippen LogP) is -1.35. The lowest BCUT2D eigenvalue weighted by Gasteiger charge is -2.16. The lowest BCUT2D eigenvalue weighted by Crippen LogP contribution is -2.52. The molecule has 0 spiro atoms. The molecular weight excluding hydrogens is 286 g/mol. The van der Waals surface area contributed by atoms with Crippen LogP contribution in [0.2, 0.25) is 0 Å². The summed E-state index contributed by atoms with van der Waals surface area (Å²) in [5.74, 6) is -1.28. The molecule has 1 aromatic carbocycles. The molecule has 0 fully saturated rings. The fraction of sp³-hybridized carbons (Fsp3) is 0.333. The van der Waals surface area contributed by atoms with Gasteiger partial charge in [0.1, 0.15) is 11.8 Å². The van der Waals surface area contributed by atoms with Crippen LogP contribution in [0.1, 0.15) is 5.56 Å². The van der Waals surface area contributed by atoms with E-state index in [1.807, 2.05) is 0 Å². The predicted molar refractivity (Wildman–Crippen MR) is 75.2 cm³/mol. The smallest absolute Gasteiger partial charge is 0.242 e. The van der Waals surface area contributed by atoms with E-state index in [1.165, 1.54) is 12.1 Å². The first-order valence-electron chi connectivity index (χ1n) is 5.68. The number of aliphatic hydroxyl groups excluding tert-OH is 1. The van der Waals surface area contributed by atoms with Gasteiger partial charge < -0.3 is 27.0 Å². The number of hydrogen-bond donors (Lipinski definition) is 5. The van der Waals surface area contributed by atoms with Gasteiger partial charge in [0.2, 0.25) is 11.8 Å². The zero-order chi connectivity index (χ0) is 14.4. The second-order valence-corrected chi connectivity index (χ2v) is 4.12. The number of carbonyl (C=O) groups is 2. The Balaban J connectivity index is 0.00000361. The van der Waals surface area contributed by atoms with E-state index in [9.17, 15) is 9.59 Å². The molecule has 2 atom stereocenters. The summed E-state index contributed by atoms with van der Waals surface area (Å²) in [6, 6.07) is 4.23. The Hall–Kier alpha value is -1.83. The Bertz CT molecular complexity index is 453. The first kappa shape index (κ1) is 18.2. The van der Waals surface area contributed by atoms with Gasteiger partial charge in [-0.05, 0) is 24.1 Å². The minimum atomic E-state index is -1.14. The lowest BCUT2D eigenvalue weighted by molar-refractivity contribution is -0.128. The van der Waals surface area contributed by atoms with Crippen LogP contribution in [0.3, 0.4) is 0 Å². The summed E-state index contributed by atoms with van der Waals surface area (Å²) in [6.45, 7) is -0.576. The van der Waals surface area contributed by atoms with Gasteiger partial charge in [-0.3, -0.25) is 9.59 Å². The highest BCUT2D eigenvalue weighted by molar-refractivity contribution is 5.89. The highest BCUT2D eigenvalue weighted by Gasteiger charge is 2.21. The number of phenols is 1. The molecule has 8 heteroatoms. The highest BCUT2D eigenvalue weighted by atomic mass is 35.5. The lowest BCUT2D eigenvalue weighted by atomic mass is 10.1. The van der Waals surface area contributed by atoms with E-state index < -0.39 is 30.5 Å². The van der Waals surface area contributed by atoms with Crippen molar-refractivity contribution >= 4 is 24.2 Å². The molecular formula is C12H18ClN3O4. The standard InChI is InChI=1S/C12H17N3O4.ClH/c13-9(5-7-1-3-8(17)4-2-7)12(19)15-10(6-16)11(14)18;/h1-4,9-10,16-17H,5-6,13H2,(H2,14,18)(H,15,19);1H. The molecule has 0 saturated carbocycles. The van der Waals surface area contributed by atoms with E-state index >= 15 is 0 Å². The van der Waals surface area contributed by atoms with Gasteiger partial charge in [0.15, 0.2) is 0 Å². The molecule has 0 aliphatic carbocycles. The van der Waals surface area contributed by atoms with Gasteiger partial charge in [0.05, 0.1) is 12.6 Å². The average molecular weight is 304 g/mol. The molecule has 1 aromatic rings. The Labute approximate surface area is 122 Å². The van der Waals surface area contributed by atoms with Crippen molar-refractivity contribution in [2.75, 3.05) is 6.61 Å². The van der Waals surface area contributed by atoms with Crippen LogP contribution < -0.4 is 16.8 Å². The number of nitrogens with two attached hydrogens (primary N) is 2. The van der Waals surface area contributed by atoms with Gasteiger partial charge in [0.25, 0.3) is 0 Å². The molecule has 2 amide bonds. The number of phenolic OH excluding ortho intramolecular Hbond substituents is 1. The van der Waals surface area contributed by atoms with E-state index in [2.05, 4.69) is 5.32 Å². The zero-order valence-electron chi connectivity index (χ0n) is 10.7. The van der Waals surface area contributed by atoms with Crippen LogP contribution in [0.5, 0.6) is 5.75 Å². The number of aliphatic hydroxyl groups is 1. The van der Waals surface area contributed by atoms with E-state index in [1.54, 1.807) is 12.1 Å². The number of hydrogen-bond acceptors (Lipinski definition) is 5. The summed E-state index contributed by atoms with van der Waals surface area (Å²) in [5, 5.41) is 20.2. The molecule has 112 valence electrons. The van der Waals surface area contributed by atoms with Crippen molar-refractivity contribution in [3.05, 3.63) is 29.8 Å². The van der Waals surface area contributed by atoms with Gasteiger partial charge in [-0.2, -0.15) is 0 Å². The number of benzene rings is 1. The first-order chi connectivity index (χ1) is 8.93. The van der Waals surface area contributed by atoms with Crippen LogP contribution in [0.25, 0.3) is 0 Å². The summed E-state index contributed by atoms with van der Waals surface area (Å²) in [4.78, 5) is 22.5. The topological polar surface area (TPSA) is 139 Å². The van der Waals surface area contributed by atoms with Crippen molar-refractivity contribution in [2.24, 2.45) is 11.5 Å². The molecule has 0 heterocycles. The van der Waals surface area contributed by atoms with Gasteiger partial charge in [-0.15, -0.1) is 12.4 Å². The molecule has 7 N–H and O–H groups in total. The SMILES string of the molecule is Cl.NC(=O)C(CO)NC(=O)C(N)Cc1ccc(O)cc1. The van der Waals surface area contributed by atoms with Crippen molar-refractivity contribution in [3.8, 4) is 5.75 Å². The molecule has 2 unspecified atom stereocenters. The molecule has 1 rings (SSSR count). The van der Waals surface area contributed by atoms with Crippen molar-refractivity contribution in [3.63, 3.8) is 0 Å². The van der Waals surface area contributed by atoms with Gasteiger partial charge >= 0.3 is 0 Å². The van der Waals surface area contributed by atoms with Crippen molar-refractivity contribution in [2.45, 2.75) is 18.5 Å². The molecule has 7 nitrogen and oxygen atoms in total. The number of halogens is 1. The van der Waals surface area contributed by atoms with Crippen molar-refractivity contribution in [1.82, 2.24) is 5.32 Å². The number of nitrogens with one attached hydrogen (secondary N) is 1. The van der Waals surface area contributed by atoms with E-state index in [-0.39, 0.29) is 24.6 Å². The minimum Gasteiger partial charge on any atom is -0.508 e. The maximum Gasteiger partial charge on any atom is 0.242 e. The summed E-state index contributed by atoms with van der Waals surface area (Å²) in [7, 11) is 0. The summed E-state index contributed by atoms with van der Waals surface area (Å²) >= 11 is 0. The van der Waals surface area contributed by atoms with Gasteiger partial charge in [0, 0.05) is 0 Å². The normalized spacial score (nSPS) is 12.9. The number of amides is 2. The quantitative estimate of drug-likeness (QED) is 0.442. The van der Waals surface area contributed by atoms with Crippen molar-refractivity contribution in [1.29, 1.82) is 0 Å². The number of carbonyl (C=O) groups excluding carboxylic acids is 2. The number of primary amides is 1. The first-order valence-corrected chi connectivity index (χ1v) is 5.68. The van der Waals surface area contributed by atoms with Crippen LogP contribution in [-0.2, 0) is 16.0 Å². The molecule has 0 aliphatic rings. The zero-order valence-corrected chi connectivity index (χ0v) is 11.5. The van der Waals surface area contributed by atoms with Crippen LogP contribution in [0, 0.1) is 0 Å². The molecule has 20 heavy (non-hydrogen) atoms. The molecule has 0 aliphatic heterocycles. The fourth-order valence-electron chi connectivity index (χ4n) is 1.46. The van der Waals surface area contributed by atoms with Crippen LogP contribution in [0.4, 0.5) is 0 Å². The summed E-state index contributed by atoms with van der Waals surface area (Å²) < 4.78 is 0. The van der Waals surface area contributed by atoms with Gasteiger partial charge in [-0.1, -0.05) is 12.1 Å². The maximum absolute atomic E-state index is 11.7. The Kier molecular flexibility index (Phi) is 7.60. The van der Waals surface area contributed by atoms with E-state index in [0.29, 0.717) is 0 Å². The third-order valence-corrected chi connectivity index (χ3v) is 2.57. The molecule has 0 saturated heterocycles. The minimum absolute atomic E-state index is 0. The third kappa shape index (κ3) is 5.43. The van der Waals surface area contributed by atoms with Crippen molar-refractivity contribution < 1.29 is 19.8 Å². The monoisotopic (exact) mass is 303 g/mol. The second-order valence-electron chi connectivity index (χ2n) is 4.12. The summed E-state index contributed by atoms with van der Waals surface area (Å²) in [6.07, 6.45) is 0.239. The molecule has 0 bridgehead atoms. The maximum atomic E-state index is 11.7. The Morgan fingerprint density at radius 3 is 2.25 bits per heavy atom. The van der Waals surface area contributed by atoms with Crippen LogP contribution in [0.15, 0.2) is 24.3 Å². The Morgan fingerprint density at radius 2 is 1.80 bits per heavy atom. The second kappa shape index (κ2) is 8.36. The van der Waals surface area contributed by atoms with Crippen LogP contribution in [-0.4, -0.2) is 40.7 Å². The number of aromatic hydroxyl groups is 1. The largest absolute Gasteiger partial charge is 0.508 e. The summed E-state index contributed by atoms with van der Waals surface area (Å²) in [5.41, 5.74) is 11.4. The average Bonchev–Trinajstić information content (AvgIpc) is 2.37. The molecule has 0 aromatic heterocycles. The third-order valence-electron chi connectivity index (χ3n) is 2.57. The highest BCUT2D eigenvalue weighted by Crippen LogP contribution is 2.10. The van der Waals surface area contributed by atoms with Gasteiger partial charge in [-0.25, -0.2) is 0 Å².